The first-order chi connectivity index (χ1) is 8.20. The zero-order chi connectivity index (χ0) is 12.3. The zero-order valence-electron chi connectivity index (χ0n) is 10.2. The van der Waals surface area contributed by atoms with E-state index in [1.54, 1.807) is 0 Å². The van der Waals surface area contributed by atoms with E-state index in [9.17, 15) is 0 Å². The smallest absolute Gasteiger partial charge is 0.0568 e. The molecule has 0 aliphatic rings. The topological polar surface area (TPSA) is 17.8 Å². The maximum atomic E-state index is 4.45. The summed E-state index contributed by atoms with van der Waals surface area (Å²) in [5.41, 5.74) is 2.44. The van der Waals surface area contributed by atoms with Crippen molar-refractivity contribution in [2.45, 2.75) is 32.7 Å². The minimum atomic E-state index is 0.483. The van der Waals surface area contributed by atoms with Crippen molar-refractivity contribution in [2.75, 3.05) is 0 Å². The average Bonchev–Trinajstić information content (AvgIpc) is 2.78. The molecule has 0 fully saturated rings. The first-order valence-electron chi connectivity index (χ1n) is 6.01. The third-order valence-electron chi connectivity index (χ3n) is 2.92. The van der Waals surface area contributed by atoms with E-state index in [0.29, 0.717) is 6.04 Å². The lowest BCUT2D eigenvalue weighted by Gasteiger charge is -2.09. The highest BCUT2D eigenvalue weighted by Gasteiger charge is 2.07. The van der Waals surface area contributed by atoms with E-state index in [2.05, 4.69) is 76.7 Å². The van der Waals surface area contributed by atoms with Crippen LogP contribution in [-0.4, -0.2) is 9.78 Å². The van der Waals surface area contributed by atoms with Gasteiger partial charge in [-0.2, -0.15) is 5.10 Å². The Kier molecular flexibility index (Phi) is 4.20. The second kappa shape index (κ2) is 5.67. The summed E-state index contributed by atoms with van der Waals surface area (Å²) in [6, 6.07) is 9.00. The molecule has 0 saturated carbocycles. The molecule has 17 heavy (non-hydrogen) atoms. The Hall–Kier alpha value is -0.840. The van der Waals surface area contributed by atoms with Gasteiger partial charge in [-0.15, -0.1) is 0 Å². The van der Waals surface area contributed by atoms with Crippen molar-refractivity contribution in [1.82, 2.24) is 9.78 Å². The highest BCUT2D eigenvalue weighted by molar-refractivity contribution is 14.1. The van der Waals surface area contributed by atoms with Crippen molar-refractivity contribution in [1.29, 1.82) is 0 Å². The highest BCUT2D eigenvalue weighted by Crippen LogP contribution is 2.22. The predicted octanol–water partition coefficient (Wildman–Crippen LogP) is 4.52. The summed E-state index contributed by atoms with van der Waals surface area (Å²) < 4.78 is 3.33. The van der Waals surface area contributed by atoms with E-state index in [1.807, 2.05) is 6.20 Å². The van der Waals surface area contributed by atoms with E-state index in [1.165, 1.54) is 27.5 Å². The van der Waals surface area contributed by atoms with Gasteiger partial charge in [-0.3, -0.25) is 4.68 Å². The van der Waals surface area contributed by atoms with Crippen LogP contribution in [0.3, 0.4) is 0 Å². The SMILES string of the molecule is CCCC(C)n1cc(-c2cccc(I)c2)cn1. The van der Waals surface area contributed by atoms with Crippen LogP contribution < -0.4 is 0 Å². The lowest BCUT2D eigenvalue weighted by molar-refractivity contribution is 0.455. The number of hydrogen-bond donors (Lipinski definition) is 0. The average molecular weight is 340 g/mol. The summed E-state index contributed by atoms with van der Waals surface area (Å²) in [5.74, 6) is 0. The molecule has 1 unspecified atom stereocenters. The normalized spacial score (nSPS) is 12.6. The van der Waals surface area contributed by atoms with Gasteiger partial charge in [0.05, 0.1) is 6.20 Å². The molecule has 1 aromatic carbocycles. The van der Waals surface area contributed by atoms with Crippen LogP contribution in [0, 0.1) is 3.57 Å². The lowest BCUT2D eigenvalue weighted by Crippen LogP contribution is -2.04. The van der Waals surface area contributed by atoms with Gasteiger partial charge in [0, 0.05) is 21.4 Å². The Morgan fingerprint density at radius 1 is 1.35 bits per heavy atom. The third-order valence-corrected chi connectivity index (χ3v) is 3.59. The van der Waals surface area contributed by atoms with Crippen LogP contribution in [0.2, 0.25) is 0 Å². The van der Waals surface area contributed by atoms with Crippen LogP contribution >= 0.6 is 22.6 Å². The van der Waals surface area contributed by atoms with Gasteiger partial charge < -0.3 is 0 Å². The third kappa shape index (κ3) is 3.09. The second-order valence-corrected chi connectivity index (χ2v) is 5.60. The number of aromatic nitrogens is 2. The Labute approximate surface area is 116 Å². The maximum absolute atomic E-state index is 4.45. The number of rotatable bonds is 4. The van der Waals surface area contributed by atoms with Crippen LogP contribution in [0.25, 0.3) is 11.1 Å². The molecule has 0 amide bonds. The van der Waals surface area contributed by atoms with Crippen molar-refractivity contribution in [3.8, 4) is 11.1 Å². The maximum Gasteiger partial charge on any atom is 0.0568 e. The molecule has 2 aromatic rings. The fourth-order valence-electron chi connectivity index (χ4n) is 1.95. The van der Waals surface area contributed by atoms with Gasteiger partial charge in [0.25, 0.3) is 0 Å². The van der Waals surface area contributed by atoms with E-state index in [4.69, 9.17) is 0 Å². The van der Waals surface area contributed by atoms with Crippen LogP contribution in [0.4, 0.5) is 0 Å². The standard InChI is InChI=1S/C14H17IN2/c1-3-5-11(2)17-10-13(9-16-17)12-6-4-7-14(15)8-12/h4,6-11H,3,5H2,1-2H3. The molecule has 0 bridgehead atoms. The summed E-state index contributed by atoms with van der Waals surface area (Å²) in [6.07, 6.45) is 6.47. The molecule has 0 aliphatic heterocycles. The van der Waals surface area contributed by atoms with Gasteiger partial charge in [-0.1, -0.05) is 25.5 Å². The number of hydrogen-bond acceptors (Lipinski definition) is 1. The van der Waals surface area contributed by atoms with Crippen molar-refractivity contribution in [3.05, 3.63) is 40.2 Å². The Balaban J connectivity index is 2.23. The highest BCUT2D eigenvalue weighted by atomic mass is 127. The van der Waals surface area contributed by atoms with E-state index < -0.39 is 0 Å². The molecule has 0 aliphatic carbocycles. The van der Waals surface area contributed by atoms with E-state index in [0.717, 1.165) is 0 Å². The minimum Gasteiger partial charge on any atom is -0.269 e. The Morgan fingerprint density at radius 2 is 2.18 bits per heavy atom. The van der Waals surface area contributed by atoms with Gasteiger partial charge in [0.1, 0.15) is 0 Å². The second-order valence-electron chi connectivity index (χ2n) is 4.36. The van der Waals surface area contributed by atoms with Crippen molar-refractivity contribution >= 4 is 22.6 Å². The van der Waals surface area contributed by atoms with Crippen molar-refractivity contribution in [3.63, 3.8) is 0 Å². The largest absolute Gasteiger partial charge is 0.269 e. The quantitative estimate of drug-likeness (QED) is 0.749. The minimum absolute atomic E-state index is 0.483. The van der Waals surface area contributed by atoms with Crippen LogP contribution in [0.1, 0.15) is 32.7 Å². The fraction of sp³-hybridized carbons (Fsp3) is 0.357. The molecule has 90 valence electrons. The van der Waals surface area contributed by atoms with E-state index >= 15 is 0 Å². The predicted molar refractivity (Wildman–Crippen MR) is 80.0 cm³/mol. The van der Waals surface area contributed by atoms with Gasteiger partial charge >= 0.3 is 0 Å². The van der Waals surface area contributed by atoms with Crippen molar-refractivity contribution < 1.29 is 0 Å². The zero-order valence-corrected chi connectivity index (χ0v) is 12.4. The summed E-state index contributed by atoms with van der Waals surface area (Å²) in [4.78, 5) is 0. The summed E-state index contributed by atoms with van der Waals surface area (Å²) in [5, 5.41) is 4.45. The van der Waals surface area contributed by atoms with Crippen LogP contribution in [0.15, 0.2) is 36.7 Å². The van der Waals surface area contributed by atoms with Gasteiger partial charge in [0.15, 0.2) is 0 Å². The fourth-order valence-corrected chi connectivity index (χ4v) is 2.49. The first-order valence-corrected chi connectivity index (χ1v) is 7.08. The molecule has 2 rings (SSSR count). The molecule has 0 spiro atoms. The first kappa shape index (κ1) is 12.6. The Morgan fingerprint density at radius 3 is 2.88 bits per heavy atom. The molecule has 3 heteroatoms. The van der Waals surface area contributed by atoms with Crippen LogP contribution in [0.5, 0.6) is 0 Å². The molecule has 1 aromatic heterocycles. The lowest BCUT2D eigenvalue weighted by atomic mass is 10.1. The molecular weight excluding hydrogens is 323 g/mol. The Bertz CT molecular complexity index is 490. The molecule has 2 nitrogen and oxygen atoms in total. The van der Waals surface area contributed by atoms with Gasteiger partial charge in [-0.25, -0.2) is 0 Å². The molecular formula is C14H17IN2. The van der Waals surface area contributed by atoms with E-state index in [-0.39, 0.29) is 0 Å². The van der Waals surface area contributed by atoms with Crippen LogP contribution in [-0.2, 0) is 0 Å². The van der Waals surface area contributed by atoms with Gasteiger partial charge in [0.2, 0.25) is 0 Å². The monoisotopic (exact) mass is 340 g/mol. The van der Waals surface area contributed by atoms with Gasteiger partial charge in [-0.05, 0) is 53.6 Å². The number of nitrogens with zero attached hydrogens (tertiary/aromatic N) is 2. The van der Waals surface area contributed by atoms with Crippen molar-refractivity contribution in [2.24, 2.45) is 0 Å². The molecule has 1 heterocycles. The molecule has 0 radical (unpaired) electrons. The number of halogens is 1. The molecule has 0 N–H and O–H groups in total. The summed E-state index contributed by atoms with van der Waals surface area (Å²) in [6.45, 7) is 4.43. The molecule has 0 saturated heterocycles. The molecule has 1 atom stereocenters. The number of benzene rings is 1. The summed E-state index contributed by atoms with van der Waals surface area (Å²) in [7, 11) is 0. The summed E-state index contributed by atoms with van der Waals surface area (Å²) >= 11 is 2.34.